The van der Waals surface area contributed by atoms with Crippen LogP contribution in [0.4, 0.5) is 34.1 Å². The van der Waals surface area contributed by atoms with Gasteiger partial charge in [0.25, 0.3) is 0 Å². The van der Waals surface area contributed by atoms with Gasteiger partial charge in [-0.2, -0.15) is 0 Å². The van der Waals surface area contributed by atoms with Crippen molar-refractivity contribution in [1.29, 1.82) is 0 Å². The molecule has 2 nitrogen and oxygen atoms in total. The smallest absolute Gasteiger partial charge is 0.0522 e. The minimum Gasteiger partial charge on any atom is -0.310 e. The predicted octanol–water partition coefficient (Wildman–Crippen LogP) is 20.7. The lowest BCUT2D eigenvalue weighted by Crippen LogP contribution is -2.13. The summed E-state index contributed by atoms with van der Waals surface area (Å²) in [5, 5.41) is 0. The van der Waals surface area contributed by atoms with E-state index in [1.807, 2.05) is 0 Å². The predicted molar refractivity (Wildman–Crippen MR) is 331 cm³/mol. The fourth-order valence-electron chi connectivity index (χ4n) is 10.1. The van der Waals surface area contributed by atoms with Crippen molar-refractivity contribution in [3.63, 3.8) is 0 Å². The summed E-state index contributed by atoms with van der Waals surface area (Å²) in [5.41, 5.74) is 23.8. The number of aryl methyl sites for hydroxylation is 4. The first-order valence-corrected chi connectivity index (χ1v) is 26.6. The van der Waals surface area contributed by atoms with Crippen LogP contribution in [0.1, 0.15) is 80.6 Å². The van der Waals surface area contributed by atoms with Crippen molar-refractivity contribution in [1.82, 2.24) is 0 Å². The molecule has 0 aliphatic rings. The molecule has 0 unspecified atom stereocenters. The molecular weight excluding hydrogens is 917 g/mol. The second kappa shape index (κ2) is 24.2. The number of hydrogen-bond donors (Lipinski definition) is 0. The molecule has 0 heterocycles. The minimum absolute atomic E-state index is 0.941. The lowest BCUT2D eigenvalue weighted by Gasteiger charge is -2.29. The van der Waals surface area contributed by atoms with E-state index in [9.17, 15) is 0 Å². The monoisotopic (exact) mass is 981 g/mol. The number of nitrogens with zero attached hydrogens (tertiary/aromatic N) is 2. The third-order valence-electron chi connectivity index (χ3n) is 14.1. The van der Waals surface area contributed by atoms with Gasteiger partial charge in [-0.05, 0) is 153 Å². The van der Waals surface area contributed by atoms with Gasteiger partial charge in [0.15, 0.2) is 0 Å². The molecule has 10 rings (SSSR count). The maximum absolute atomic E-state index is 2.41. The summed E-state index contributed by atoms with van der Waals surface area (Å²) in [7, 11) is 0. The summed E-state index contributed by atoms with van der Waals surface area (Å²) in [6.07, 6.45) is 19.5. The van der Waals surface area contributed by atoms with Crippen molar-refractivity contribution in [2.24, 2.45) is 0 Å². The molecule has 10 aromatic carbocycles. The summed E-state index contributed by atoms with van der Waals surface area (Å²) in [4.78, 5) is 4.82. The van der Waals surface area contributed by atoms with E-state index in [2.05, 4.69) is 329 Å². The van der Waals surface area contributed by atoms with E-state index >= 15 is 0 Å². The Kier molecular flexibility index (Phi) is 16.0. The fourth-order valence-corrected chi connectivity index (χ4v) is 10.1. The molecule has 0 radical (unpaired) electrons. The Hall–Kier alpha value is -9.24. The van der Waals surface area contributed by atoms with Crippen LogP contribution in [0, 0.1) is 13.8 Å². The molecule has 0 aliphatic heterocycles. The summed E-state index contributed by atoms with van der Waals surface area (Å²) in [5.74, 6) is 0. The summed E-state index contributed by atoms with van der Waals surface area (Å²) >= 11 is 0. The first kappa shape index (κ1) is 50.3. The molecule has 0 aromatic heterocycles. The Morgan fingerprint density at radius 3 is 0.855 bits per heavy atom. The zero-order chi connectivity index (χ0) is 52.1. The van der Waals surface area contributed by atoms with Crippen molar-refractivity contribution in [2.45, 2.75) is 40.5 Å². The molecule has 0 fully saturated rings. The molecule has 0 N–H and O–H groups in total. The van der Waals surface area contributed by atoms with E-state index in [1.165, 1.54) is 55.9 Å². The van der Waals surface area contributed by atoms with Crippen LogP contribution in [0.15, 0.2) is 243 Å². The molecule has 76 heavy (non-hydrogen) atoms. The van der Waals surface area contributed by atoms with Gasteiger partial charge in [0, 0.05) is 22.7 Å². The largest absolute Gasteiger partial charge is 0.310 e. The Morgan fingerprint density at radius 1 is 0.263 bits per heavy atom. The van der Waals surface area contributed by atoms with Gasteiger partial charge in [0.1, 0.15) is 0 Å². The number of para-hydroxylation sites is 2. The summed E-state index contributed by atoms with van der Waals surface area (Å²) in [6.45, 7) is 8.91. The molecule has 0 bridgehead atoms. The van der Waals surface area contributed by atoms with Crippen molar-refractivity contribution in [2.75, 3.05) is 9.80 Å². The van der Waals surface area contributed by atoms with Crippen LogP contribution in [0.2, 0.25) is 0 Å². The van der Waals surface area contributed by atoms with Crippen molar-refractivity contribution in [3.8, 4) is 11.1 Å². The number of benzene rings is 10. The maximum atomic E-state index is 2.41. The highest BCUT2D eigenvalue weighted by molar-refractivity contribution is 5.89. The molecule has 0 amide bonds. The average molecular weight is 981 g/mol. The van der Waals surface area contributed by atoms with E-state index in [1.54, 1.807) is 0 Å². The number of rotatable bonds is 17. The Labute approximate surface area is 451 Å². The van der Waals surface area contributed by atoms with Gasteiger partial charge in [-0.1, -0.05) is 257 Å². The highest BCUT2D eigenvalue weighted by Gasteiger charge is 2.20. The zero-order valence-corrected chi connectivity index (χ0v) is 44.0. The summed E-state index contributed by atoms with van der Waals surface area (Å²) < 4.78 is 0. The van der Waals surface area contributed by atoms with Gasteiger partial charge in [0.05, 0.1) is 11.4 Å². The van der Waals surface area contributed by atoms with Crippen LogP contribution in [0.5, 0.6) is 0 Å². The standard InChI is InChI=1S/C74H64N2/c1-5-63-27-17-19-55(3)73(63)75(67-47-37-59(38-48-67)33-31-57-21-9-7-10-22-57)69-51-41-61(42-52-69)35-45-65-25-13-15-29-71(65)72-30-16-14-26-66(72)46-36-62-43-53-70(54-44-62)76(74-56(4)20-18-28-64(74)6-2)68-49-39-60(40-50-68)34-32-58-23-11-8-12-24-58/h7-54H,5-6H2,1-4H3/b33-31+,34-32+,45-35+,46-36+. The second-order valence-electron chi connectivity index (χ2n) is 19.2. The molecular formula is C74H64N2. The molecule has 370 valence electrons. The highest BCUT2D eigenvalue weighted by atomic mass is 15.2. The second-order valence-corrected chi connectivity index (χ2v) is 19.2. The number of hydrogen-bond acceptors (Lipinski definition) is 2. The third-order valence-corrected chi connectivity index (χ3v) is 14.1. The fraction of sp³-hybridized carbons (Fsp3) is 0.0811. The van der Waals surface area contributed by atoms with Gasteiger partial charge in [-0.15, -0.1) is 0 Å². The van der Waals surface area contributed by atoms with Gasteiger partial charge in [-0.3, -0.25) is 0 Å². The molecule has 0 saturated carbocycles. The molecule has 0 atom stereocenters. The SMILES string of the molecule is CCc1cccc(C)c1N(c1ccc(/C=C/c2ccccc2)cc1)c1ccc(/C=C/c2ccccc2-c2ccccc2/C=C/c2ccc(N(c3ccc(/C=C/c4ccccc4)cc3)c3c(C)cccc3CC)cc2)cc1. The van der Waals surface area contributed by atoms with Crippen molar-refractivity contribution < 1.29 is 0 Å². The first-order valence-electron chi connectivity index (χ1n) is 26.6. The average Bonchev–Trinajstić information content (AvgIpc) is 3.50. The Balaban J connectivity index is 0.890. The molecule has 10 aromatic rings. The van der Waals surface area contributed by atoms with Crippen LogP contribution in [-0.2, 0) is 12.8 Å². The van der Waals surface area contributed by atoms with E-state index in [0.29, 0.717) is 0 Å². The quantitative estimate of drug-likeness (QED) is 0.0839. The van der Waals surface area contributed by atoms with Crippen LogP contribution in [-0.4, -0.2) is 0 Å². The maximum Gasteiger partial charge on any atom is 0.0522 e. The third kappa shape index (κ3) is 11.9. The van der Waals surface area contributed by atoms with E-state index in [0.717, 1.165) is 69.0 Å². The van der Waals surface area contributed by atoms with Crippen molar-refractivity contribution >= 4 is 82.7 Å². The van der Waals surface area contributed by atoms with E-state index in [-0.39, 0.29) is 0 Å². The van der Waals surface area contributed by atoms with Crippen LogP contribution in [0.3, 0.4) is 0 Å². The number of anilines is 6. The van der Waals surface area contributed by atoms with Crippen LogP contribution >= 0.6 is 0 Å². The molecule has 0 spiro atoms. The normalized spacial score (nSPS) is 11.6. The van der Waals surface area contributed by atoms with E-state index < -0.39 is 0 Å². The first-order chi connectivity index (χ1) is 37.4. The molecule has 0 aliphatic carbocycles. The highest BCUT2D eigenvalue weighted by Crippen LogP contribution is 2.41. The van der Waals surface area contributed by atoms with E-state index in [4.69, 9.17) is 0 Å². The Morgan fingerprint density at radius 2 is 0.539 bits per heavy atom. The van der Waals surface area contributed by atoms with Gasteiger partial charge in [-0.25, -0.2) is 0 Å². The zero-order valence-electron chi connectivity index (χ0n) is 44.0. The van der Waals surface area contributed by atoms with Crippen molar-refractivity contribution in [3.05, 3.63) is 309 Å². The molecule has 0 saturated heterocycles. The topological polar surface area (TPSA) is 6.48 Å². The van der Waals surface area contributed by atoms with Crippen LogP contribution in [0.25, 0.3) is 59.7 Å². The minimum atomic E-state index is 0.941. The van der Waals surface area contributed by atoms with Gasteiger partial charge < -0.3 is 9.80 Å². The van der Waals surface area contributed by atoms with Crippen LogP contribution < -0.4 is 9.80 Å². The summed E-state index contributed by atoms with van der Waals surface area (Å²) in [6, 6.07) is 87.3. The lowest BCUT2D eigenvalue weighted by atomic mass is 9.94. The van der Waals surface area contributed by atoms with Gasteiger partial charge in [0.2, 0.25) is 0 Å². The Bertz CT molecular complexity index is 3390. The molecule has 2 heteroatoms. The van der Waals surface area contributed by atoms with Gasteiger partial charge >= 0.3 is 0 Å². The lowest BCUT2D eigenvalue weighted by molar-refractivity contribution is 1.10.